The van der Waals surface area contributed by atoms with E-state index < -0.39 is 5.91 Å². The number of piperidine rings is 1. The van der Waals surface area contributed by atoms with Crippen molar-refractivity contribution >= 4 is 11.9 Å². The third kappa shape index (κ3) is 6.32. The van der Waals surface area contributed by atoms with E-state index in [1.165, 1.54) is 5.56 Å². The maximum Gasteiger partial charge on any atom is 0.248 e. The predicted octanol–water partition coefficient (Wildman–Crippen LogP) is 2.89. The van der Waals surface area contributed by atoms with Crippen LogP contribution in [0, 0.1) is 0 Å². The lowest BCUT2D eigenvalue weighted by molar-refractivity contribution is 0.1000. The van der Waals surface area contributed by atoms with E-state index in [1.807, 2.05) is 12.1 Å². The maximum absolute atomic E-state index is 11.4. The third-order valence-corrected chi connectivity index (χ3v) is 5.56. The average Bonchev–Trinajstić information content (AvgIpc) is 2.75. The largest absolute Gasteiger partial charge is 0.366 e. The third-order valence-electron chi connectivity index (χ3n) is 5.56. The van der Waals surface area contributed by atoms with Gasteiger partial charge in [-0.3, -0.25) is 9.69 Å². The lowest BCUT2D eigenvalue weighted by atomic mass is 9.97. The zero-order valence-corrected chi connectivity index (χ0v) is 18.0. The fourth-order valence-electron chi connectivity index (χ4n) is 3.91. The van der Waals surface area contributed by atoms with Crippen LogP contribution in [0.25, 0.3) is 0 Å². The molecule has 6 nitrogen and oxygen atoms in total. The van der Waals surface area contributed by atoms with Crippen molar-refractivity contribution in [1.82, 2.24) is 15.5 Å². The van der Waals surface area contributed by atoms with Crippen LogP contribution in [0.4, 0.5) is 0 Å². The van der Waals surface area contributed by atoms with Crippen LogP contribution in [-0.2, 0) is 13.1 Å². The SMILES string of the molecule is CCNC(=NCc1cccc(C(N)=O)c1)NC1CCN(Cc2ccccc2)C(C)C1. The van der Waals surface area contributed by atoms with E-state index in [0.717, 1.165) is 44.0 Å². The van der Waals surface area contributed by atoms with Gasteiger partial charge in [-0.15, -0.1) is 0 Å². The smallest absolute Gasteiger partial charge is 0.248 e. The quantitative estimate of drug-likeness (QED) is 0.487. The number of rotatable bonds is 7. The minimum atomic E-state index is -0.415. The van der Waals surface area contributed by atoms with E-state index in [-0.39, 0.29) is 0 Å². The van der Waals surface area contributed by atoms with Crippen molar-refractivity contribution in [2.24, 2.45) is 10.7 Å². The van der Waals surface area contributed by atoms with Crippen molar-refractivity contribution in [2.75, 3.05) is 13.1 Å². The van der Waals surface area contributed by atoms with Gasteiger partial charge in [0.15, 0.2) is 5.96 Å². The van der Waals surface area contributed by atoms with Gasteiger partial charge in [-0.1, -0.05) is 42.5 Å². The molecule has 0 radical (unpaired) electrons. The van der Waals surface area contributed by atoms with Gasteiger partial charge >= 0.3 is 0 Å². The Balaban J connectivity index is 1.57. The highest BCUT2D eigenvalue weighted by Crippen LogP contribution is 2.20. The highest BCUT2D eigenvalue weighted by atomic mass is 16.1. The molecular formula is C24H33N5O. The summed E-state index contributed by atoms with van der Waals surface area (Å²) in [6.07, 6.45) is 2.16. The zero-order chi connectivity index (χ0) is 21.3. The van der Waals surface area contributed by atoms with Crippen molar-refractivity contribution in [3.63, 3.8) is 0 Å². The second-order valence-electron chi connectivity index (χ2n) is 7.93. The van der Waals surface area contributed by atoms with E-state index in [1.54, 1.807) is 12.1 Å². The second kappa shape index (κ2) is 10.8. The van der Waals surface area contributed by atoms with Gasteiger partial charge in [0.2, 0.25) is 5.91 Å². The summed E-state index contributed by atoms with van der Waals surface area (Å²) in [7, 11) is 0. The van der Waals surface area contributed by atoms with E-state index >= 15 is 0 Å². The lowest BCUT2D eigenvalue weighted by Gasteiger charge is -2.38. The molecule has 0 aromatic heterocycles. The number of nitrogens with two attached hydrogens (primary N) is 1. The molecule has 30 heavy (non-hydrogen) atoms. The van der Waals surface area contributed by atoms with Gasteiger partial charge in [0.05, 0.1) is 6.54 Å². The molecule has 0 saturated carbocycles. The van der Waals surface area contributed by atoms with Gasteiger partial charge in [-0.2, -0.15) is 0 Å². The van der Waals surface area contributed by atoms with Crippen molar-refractivity contribution in [1.29, 1.82) is 0 Å². The van der Waals surface area contributed by atoms with E-state index in [0.29, 0.717) is 24.2 Å². The summed E-state index contributed by atoms with van der Waals surface area (Å²) in [4.78, 5) is 18.7. The van der Waals surface area contributed by atoms with Crippen LogP contribution in [0.15, 0.2) is 59.6 Å². The molecule has 0 bridgehead atoms. The first-order valence-electron chi connectivity index (χ1n) is 10.8. The number of hydrogen-bond donors (Lipinski definition) is 3. The summed E-state index contributed by atoms with van der Waals surface area (Å²) < 4.78 is 0. The summed E-state index contributed by atoms with van der Waals surface area (Å²) in [5, 5.41) is 6.94. The fraction of sp³-hybridized carbons (Fsp3) is 0.417. The van der Waals surface area contributed by atoms with E-state index in [2.05, 4.69) is 59.7 Å². The van der Waals surface area contributed by atoms with Crippen LogP contribution in [0.1, 0.15) is 48.2 Å². The first-order chi connectivity index (χ1) is 14.5. The average molecular weight is 408 g/mol. The monoisotopic (exact) mass is 407 g/mol. The number of nitrogens with one attached hydrogen (secondary N) is 2. The first-order valence-corrected chi connectivity index (χ1v) is 10.8. The number of benzene rings is 2. The van der Waals surface area contributed by atoms with Crippen LogP contribution in [-0.4, -0.2) is 41.9 Å². The van der Waals surface area contributed by atoms with E-state index in [9.17, 15) is 4.79 Å². The van der Waals surface area contributed by atoms with Crippen molar-refractivity contribution < 1.29 is 4.79 Å². The van der Waals surface area contributed by atoms with E-state index in [4.69, 9.17) is 10.7 Å². The Bertz CT molecular complexity index is 852. The molecule has 2 atom stereocenters. The van der Waals surface area contributed by atoms with Gasteiger partial charge in [-0.25, -0.2) is 4.99 Å². The Labute approximate surface area is 179 Å². The molecule has 2 unspecified atom stereocenters. The summed E-state index contributed by atoms with van der Waals surface area (Å²) in [6, 6.07) is 18.9. The number of amides is 1. The van der Waals surface area contributed by atoms with Crippen LogP contribution in [0.5, 0.6) is 0 Å². The molecule has 2 aromatic rings. The van der Waals surface area contributed by atoms with Crippen molar-refractivity contribution in [3.05, 3.63) is 71.3 Å². The molecule has 3 rings (SSSR count). The van der Waals surface area contributed by atoms with Crippen LogP contribution >= 0.6 is 0 Å². The molecule has 0 aliphatic carbocycles. The minimum absolute atomic E-state index is 0.391. The highest BCUT2D eigenvalue weighted by molar-refractivity contribution is 5.92. The Kier molecular flexibility index (Phi) is 7.85. The molecule has 1 aliphatic rings. The Morgan fingerprint density at radius 3 is 2.63 bits per heavy atom. The molecule has 2 aromatic carbocycles. The summed E-state index contributed by atoms with van der Waals surface area (Å²) in [5.41, 5.74) is 8.23. The van der Waals surface area contributed by atoms with Gasteiger partial charge in [0.25, 0.3) is 0 Å². The standard InChI is InChI=1S/C24H33N5O/c1-3-26-24(27-16-20-10-7-11-21(15-20)23(25)30)28-22-12-13-29(18(2)14-22)17-19-8-5-4-6-9-19/h4-11,15,18,22H,3,12-14,16-17H2,1-2H3,(H2,25,30)(H2,26,27,28). The highest BCUT2D eigenvalue weighted by Gasteiger charge is 2.25. The molecule has 1 amide bonds. The number of aliphatic imine (C=N–C) groups is 1. The van der Waals surface area contributed by atoms with Gasteiger partial charge in [0, 0.05) is 37.3 Å². The van der Waals surface area contributed by atoms with Crippen LogP contribution in [0.3, 0.4) is 0 Å². The Morgan fingerprint density at radius 2 is 1.93 bits per heavy atom. The van der Waals surface area contributed by atoms with Crippen molar-refractivity contribution in [2.45, 2.75) is 51.9 Å². The Morgan fingerprint density at radius 1 is 1.17 bits per heavy atom. The van der Waals surface area contributed by atoms with Gasteiger partial charge < -0.3 is 16.4 Å². The normalized spacial score (nSPS) is 20.0. The number of guanidine groups is 1. The predicted molar refractivity (Wildman–Crippen MR) is 122 cm³/mol. The number of carbonyl (C=O) groups excluding carboxylic acids is 1. The lowest BCUT2D eigenvalue weighted by Crippen LogP contribution is -2.51. The Hall–Kier alpha value is -2.86. The molecule has 4 N–H and O–H groups in total. The molecular weight excluding hydrogens is 374 g/mol. The van der Waals surface area contributed by atoms with Crippen molar-refractivity contribution in [3.8, 4) is 0 Å². The van der Waals surface area contributed by atoms with Gasteiger partial charge in [0.1, 0.15) is 0 Å². The summed E-state index contributed by atoms with van der Waals surface area (Å²) in [5.74, 6) is 0.401. The molecule has 1 fully saturated rings. The minimum Gasteiger partial charge on any atom is -0.366 e. The molecule has 1 heterocycles. The molecule has 1 saturated heterocycles. The van der Waals surface area contributed by atoms with Gasteiger partial charge in [-0.05, 0) is 49.9 Å². The number of hydrogen-bond acceptors (Lipinski definition) is 3. The van der Waals surface area contributed by atoms with Crippen LogP contribution in [0.2, 0.25) is 0 Å². The first kappa shape index (κ1) is 21.8. The summed E-state index contributed by atoms with van der Waals surface area (Å²) >= 11 is 0. The maximum atomic E-state index is 11.4. The zero-order valence-electron chi connectivity index (χ0n) is 18.0. The number of nitrogens with zero attached hydrogens (tertiary/aromatic N) is 2. The van der Waals surface area contributed by atoms with Crippen LogP contribution < -0.4 is 16.4 Å². The summed E-state index contributed by atoms with van der Waals surface area (Å²) in [6.45, 7) is 7.73. The molecule has 0 spiro atoms. The number of likely N-dealkylation sites (tertiary alicyclic amines) is 1. The topological polar surface area (TPSA) is 82.7 Å². The molecule has 1 aliphatic heterocycles. The fourth-order valence-corrected chi connectivity index (χ4v) is 3.91. The second-order valence-corrected chi connectivity index (χ2v) is 7.93. The number of carbonyl (C=O) groups is 1. The number of primary amides is 1. The molecule has 160 valence electrons. The molecule has 6 heteroatoms.